The maximum Gasteiger partial charge on any atom is 0.326 e. The van der Waals surface area contributed by atoms with Crippen molar-refractivity contribution in [1.82, 2.24) is 0 Å². The average molecular weight is 152 g/mol. The van der Waals surface area contributed by atoms with Crippen molar-refractivity contribution in [2.75, 3.05) is 7.11 Å². The van der Waals surface area contributed by atoms with E-state index < -0.39 is 8.60 Å². The van der Waals surface area contributed by atoms with Crippen LogP contribution >= 0.6 is 8.60 Å². The summed E-state index contributed by atoms with van der Waals surface area (Å²) in [4.78, 5) is 15.5. The summed E-state index contributed by atoms with van der Waals surface area (Å²) in [5.41, 5.74) is 0. The fourth-order valence-corrected chi connectivity index (χ4v) is 0.250. The van der Waals surface area contributed by atoms with E-state index in [1.807, 2.05) is 0 Å². The molecular formula is C5H13O3P. The molecule has 9 heavy (non-hydrogen) atoms. The molecule has 0 amide bonds. The lowest BCUT2D eigenvalue weighted by Crippen LogP contribution is -1.85. The zero-order valence-corrected chi connectivity index (χ0v) is 6.47. The molecule has 4 heteroatoms. The molecule has 0 aromatic rings. The zero-order valence-electron chi connectivity index (χ0n) is 5.58. The molecule has 0 spiro atoms. The molecule has 3 nitrogen and oxygen atoms in total. The van der Waals surface area contributed by atoms with Crippen LogP contribution in [0.2, 0.25) is 0 Å². The van der Waals surface area contributed by atoms with Crippen LogP contribution in [0.15, 0.2) is 0 Å². The van der Waals surface area contributed by atoms with Gasteiger partial charge in [-0.1, -0.05) is 25.7 Å². The quantitative estimate of drug-likeness (QED) is 0.558. The van der Waals surface area contributed by atoms with Crippen LogP contribution in [0.1, 0.15) is 25.7 Å². The Morgan fingerprint density at radius 3 is 1.33 bits per heavy atom. The van der Waals surface area contributed by atoms with E-state index in [1.165, 1.54) is 32.8 Å². The van der Waals surface area contributed by atoms with Gasteiger partial charge in [0, 0.05) is 7.11 Å². The van der Waals surface area contributed by atoms with Crippen LogP contribution < -0.4 is 0 Å². The van der Waals surface area contributed by atoms with E-state index in [0.29, 0.717) is 0 Å². The fraction of sp³-hybridized carbons (Fsp3) is 1.00. The van der Waals surface area contributed by atoms with E-state index in [-0.39, 0.29) is 0 Å². The summed E-state index contributed by atoms with van der Waals surface area (Å²) in [6, 6.07) is 0. The van der Waals surface area contributed by atoms with Gasteiger partial charge in [0.1, 0.15) is 0 Å². The largest absolute Gasteiger partial charge is 0.328 e. The second-order valence-corrected chi connectivity index (χ2v) is 2.72. The van der Waals surface area contributed by atoms with E-state index in [2.05, 4.69) is 4.52 Å². The topological polar surface area (TPSA) is 49.7 Å². The lowest BCUT2D eigenvalue weighted by molar-refractivity contribution is 0.310. The maximum atomic E-state index is 7.76. The van der Waals surface area contributed by atoms with E-state index >= 15 is 0 Å². The lowest BCUT2D eigenvalue weighted by atomic mass is 10.0. The molecule has 0 aromatic heterocycles. The summed E-state index contributed by atoms with van der Waals surface area (Å²) < 4.78 is 3.93. The standard InChI is InChI=1S/C4H8.CH5O3P/c1-2-4-3-1;1-4-5(2)3/h1-4H2;2-3H,1H3. The van der Waals surface area contributed by atoms with Crippen molar-refractivity contribution >= 4 is 8.60 Å². The Morgan fingerprint density at radius 1 is 1.11 bits per heavy atom. The van der Waals surface area contributed by atoms with Crippen LogP contribution in [0.3, 0.4) is 0 Å². The van der Waals surface area contributed by atoms with Crippen molar-refractivity contribution in [3.8, 4) is 0 Å². The lowest BCUT2D eigenvalue weighted by Gasteiger charge is -2.05. The Morgan fingerprint density at radius 2 is 1.33 bits per heavy atom. The summed E-state index contributed by atoms with van der Waals surface area (Å²) in [6.45, 7) is 0. The fourth-order valence-electron chi connectivity index (χ4n) is 0.250. The van der Waals surface area contributed by atoms with Crippen molar-refractivity contribution in [3.05, 3.63) is 0 Å². The van der Waals surface area contributed by atoms with E-state index in [0.717, 1.165) is 0 Å². The highest BCUT2D eigenvalue weighted by Gasteiger charge is 1.95. The molecule has 56 valence electrons. The first-order chi connectivity index (χ1) is 4.27. The van der Waals surface area contributed by atoms with Crippen LogP contribution in [0.25, 0.3) is 0 Å². The molecule has 1 fully saturated rings. The highest BCUT2D eigenvalue weighted by molar-refractivity contribution is 7.39. The summed E-state index contributed by atoms with van der Waals surface area (Å²) in [5, 5.41) is 0. The third-order valence-electron chi connectivity index (χ3n) is 1.16. The molecule has 1 aliphatic carbocycles. The first-order valence-electron chi connectivity index (χ1n) is 2.99. The Balaban J connectivity index is 0.000000144. The minimum Gasteiger partial charge on any atom is -0.328 e. The third-order valence-corrected chi connectivity index (χ3v) is 1.49. The molecule has 0 unspecified atom stereocenters. The van der Waals surface area contributed by atoms with Gasteiger partial charge in [-0.15, -0.1) is 0 Å². The van der Waals surface area contributed by atoms with Gasteiger partial charge in [0.2, 0.25) is 0 Å². The first kappa shape index (κ1) is 9.31. The number of hydrogen-bond donors (Lipinski definition) is 2. The predicted octanol–water partition coefficient (Wildman–Crippen LogP) is 1.40. The summed E-state index contributed by atoms with van der Waals surface area (Å²) in [7, 11) is -0.870. The molecule has 0 bridgehead atoms. The molecule has 2 N–H and O–H groups in total. The zero-order chi connectivity index (χ0) is 7.11. The Kier molecular flexibility index (Phi) is 6.65. The van der Waals surface area contributed by atoms with Crippen molar-refractivity contribution in [1.29, 1.82) is 0 Å². The molecule has 1 aliphatic rings. The van der Waals surface area contributed by atoms with E-state index in [1.54, 1.807) is 0 Å². The minimum atomic E-state index is -2.10. The van der Waals surface area contributed by atoms with Crippen LogP contribution in [-0.2, 0) is 4.52 Å². The Bertz CT molecular complexity index is 50.2. The second kappa shape index (κ2) is 6.43. The van der Waals surface area contributed by atoms with Gasteiger partial charge in [0.25, 0.3) is 0 Å². The minimum absolute atomic E-state index is 1.23. The van der Waals surface area contributed by atoms with Crippen LogP contribution in [0.5, 0.6) is 0 Å². The molecule has 1 saturated carbocycles. The molecule has 1 rings (SSSR count). The molecular weight excluding hydrogens is 139 g/mol. The highest BCUT2D eigenvalue weighted by atomic mass is 31.2. The molecule has 0 radical (unpaired) electrons. The second-order valence-electron chi connectivity index (χ2n) is 1.85. The van der Waals surface area contributed by atoms with Crippen molar-refractivity contribution in [2.45, 2.75) is 25.7 Å². The van der Waals surface area contributed by atoms with E-state index in [4.69, 9.17) is 9.79 Å². The van der Waals surface area contributed by atoms with Gasteiger partial charge in [0.15, 0.2) is 0 Å². The Hall–Kier alpha value is 0.310. The summed E-state index contributed by atoms with van der Waals surface area (Å²) in [5.74, 6) is 0. The Labute approximate surface area is 56.7 Å². The highest BCUT2D eigenvalue weighted by Crippen LogP contribution is 2.20. The number of rotatable bonds is 1. The van der Waals surface area contributed by atoms with Gasteiger partial charge in [0.05, 0.1) is 0 Å². The van der Waals surface area contributed by atoms with Crippen LogP contribution in [0, 0.1) is 0 Å². The molecule has 0 saturated heterocycles. The smallest absolute Gasteiger partial charge is 0.326 e. The molecule has 0 aromatic carbocycles. The predicted molar refractivity (Wildman–Crippen MR) is 36.8 cm³/mol. The molecule has 0 atom stereocenters. The normalized spacial score (nSPS) is 16.0. The van der Waals surface area contributed by atoms with Gasteiger partial charge in [-0.2, -0.15) is 0 Å². The van der Waals surface area contributed by atoms with Crippen molar-refractivity contribution in [3.63, 3.8) is 0 Å². The van der Waals surface area contributed by atoms with Gasteiger partial charge in [-0.3, -0.25) is 0 Å². The van der Waals surface area contributed by atoms with Gasteiger partial charge in [-0.25, -0.2) is 0 Å². The van der Waals surface area contributed by atoms with E-state index in [9.17, 15) is 0 Å². The SMILES string of the molecule is C1CCC1.COP(O)O. The van der Waals surface area contributed by atoms with Crippen molar-refractivity contribution in [2.24, 2.45) is 0 Å². The monoisotopic (exact) mass is 152 g/mol. The van der Waals surface area contributed by atoms with Gasteiger partial charge >= 0.3 is 8.60 Å². The third kappa shape index (κ3) is 8.31. The van der Waals surface area contributed by atoms with Gasteiger partial charge in [-0.05, 0) is 0 Å². The number of hydrogen-bond acceptors (Lipinski definition) is 3. The average Bonchev–Trinajstić information content (AvgIpc) is 1.61. The van der Waals surface area contributed by atoms with Crippen LogP contribution in [-0.4, -0.2) is 16.9 Å². The molecule has 0 heterocycles. The van der Waals surface area contributed by atoms with Crippen molar-refractivity contribution < 1.29 is 14.3 Å². The summed E-state index contributed by atoms with van der Waals surface area (Å²) in [6.07, 6.45) is 6.00. The maximum absolute atomic E-state index is 7.76. The molecule has 0 aliphatic heterocycles. The van der Waals surface area contributed by atoms with Crippen LogP contribution in [0.4, 0.5) is 0 Å². The van der Waals surface area contributed by atoms with Gasteiger partial charge < -0.3 is 14.3 Å². The first-order valence-corrected chi connectivity index (χ1v) is 4.16. The summed E-state index contributed by atoms with van der Waals surface area (Å²) >= 11 is 0.